The van der Waals surface area contributed by atoms with Crippen LogP contribution in [0.4, 0.5) is 0 Å². The first kappa shape index (κ1) is 41.2. The normalized spacial score (nSPS) is 11.2. The van der Waals surface area contributed by atoms with Crippen molar-refractivity contribution in [2.24, 2.45) is 0 Å². The van der Waals surface area contributed by atoms with Crippen molar-refractivity contribution in [2.45, 2.75) is 51.9 Å². The molecule has 0 aliphatic carbocycles. The largest absolute Gasteiger partial charge is 0.491 e. The zero-order valence-corrected chi connectivity index (χ0v) is 27.9. The van der Waals surface area contributed by atoms with E-state index in [1.54, 1.807) is 0 Å². The molecule has 1 rings (SSSR count). The van der Waals surface area contributed by atoms with Crippen LogP contribution >= 0.6 is 0 Å². The maximum atomic E-state index is 5.77. The molecule has 1 aromatic rings. The lowest BCUT2D eigenvalue weighted by molar-refractivity contribution is -0.0249. The van der Waals surface area contributed by atoms with Gasteiger partial charge in [0.25, 0.3) is 0 Å². The molecule has 0 heterocycles. The molecule has 10 heteroatoms. The van der Waals surface area contributed by atoms with E-state index in [1.807, 2.05) is 12.1 Å². The summed E-state index contributed by atoms with van der Waals surface area (Å²) in [5.41, 5.74) is 1.38. The van der Waals surface area contributed by atoms with Gasteiger partial charge in [-0.3, -0.25) is 0 Å². The van der Waals surface area contributed by atoms with Crippen molar-refractivity contribution in [3.05, 3.63) is 29.8 Å². The van der Waals surface area contributed by atoms with E-state index in [2.05, 4.69) is 25.0 Å². The first-order valence-electron chi connectivity index (χ1n) is 16.7. The average molecular weight is 641 g/mol. The molecule has 0 saturated carbocycles. The smallest absolute Gasteiger partial charge is 0.119 e. The van der Waals surface area contributed by atoms with Crippen LogP contribution in [0.1, 0.15) is 51.0 Å². The lowest BCUT2D eigenvalue weighted by Gasteiger charge is -2.09. The molecule has 10 nitrogen and oxygen atoms in total. The second-order valence-electron chi connectivity index (χ2n) is 10.2. The molecule has 0 aromatic heterocycles. The third-order valence-electron chi connectivity index (χ3n) is 6.40. The summed E-state index contributed by atoms with van der Waals surface area (Å²) in [6.07, 6.45) is 14.2. The molecule has 0 spiro atoms. The van der Waals surface area contributed by atoms with Crippen molar-refractivity contribution in [2.75, 3.05) is 126 Å². The molecule has 0 aliphatic heterocycles. The summed E-state index contributed by atoms with van der Waals surface area (Å²) in [7, 11) is 0. The number of benzene rings is 1. The van der Waals surface area contributed by atoms with Crippen molar-refractivity contribution in [1.82, 2.24) is 0 Å². The maximum Gasteiger partial charge on any atom is 0.119 e. The summed E-state index contributed by atoms with van der Waals surface area (Å²) in [4.78, 5) is 0. The standard InChI is InChI=1S/C35H60O10/c1-3-5-6-7-8-9-10-34-11-13-35(14-12-34)45-33-32-44-31-30-43-29-28-42-27-26-41-25-24-40-23-22-39-21-20-38-19-18-37-17-16-36-15-4-2/h2,11-14H,3,5-10,15-33H2,1H3. The van der Waals surface area contributed by atoms with Crippen molar-refractivity contribution in [3.8, 4) is 18.1 Å². The average Bonchev–Trinajstić information content (AvgIpc) is 3.06. The number of hydrogen-bond acceptors (Lipinski definition) is 10. The fraction of sp³-hybridized carbons (Fsp3) is 0.771. The summed E-state index contributed by atoms with van der Waals surface area (Å²) in [5.74, 6) is 3.29. The Hall–Kier alpha value is -1.78. The molecule has 0 aliphatic rings. The summed E-state index contributed by atoms with van der Waals surface area (Å²) in [6, 6.07) is 8.43. The van der Waals surface area contributed by atoms with Crippen molar-refractivity contribution in [3.63, 3.8) is 0 Å². The topological polar surface area (TPSA) is 92.3 Å². The van der Waals surface area contributed by atoms with Crippen molar-refractivity contribution in [1.29, 1.82) is 0 Å². The lowest BCUT2D eigenvalue weighted by atomic mass is 10.0. The SMILES string of the molecule is C#CCOCCOCCOCCOCCOCCOCCOCCOCCOCCOc1ccc(CCCCCCCC)cc1. The number of aryl methyl sites for hydroxylation is 1. The Balaban J connectivity index is 1.71. The van der Waals surface area contributed by atoms with Gasteiger partial charge in [0.1, 0.15) is 19.0 Å². The van der Waals surface area contributed by atoms with Crippen LogP contribution in [-0.2, 0) is 49.1 Å². The van der Waals surface area contributed by atoms with Crippen LogP contribution < -0.4 is 4.74 Å². The van der Waals surface area contributed by atoms with Crippen LogP contribution in [0.3, 0.4) is 0 Å². The molecular formula is C35H60O10. The molecular weight excluding hydrogens is 580 g/mol. The van der Waals surface area contributed by atoms with Gasteiger partial charge in [0, 0.05) is 0 Å². The van der Waals surface area contributed by atoms with Crippen molar-refractivity contribution >= 4 is 0 Å². The number of hydrogen-bond donors (Lipinski definition) is 0. The minimum absolute atomic E-state index is 0.311. The number of rotatable bonds is 36. The van der Waals surface area contributed by atoms with Crippen LogP contribution in [-0.4, -0.2) is 126 Å². The van der Waals surface area contributed by atoms with Crippen molar-refractivity contribution < 1.29 is 47.4 Å². The number of terminal acetylenes is 1. The number of unbranched alkanes of at least 4 members (excludes halogenated alkanes) is 5. The molecule has 0 atom stereocenters. The third kappa shape index (κ3) is 30.6. The Morgan fingerprint density at radius 2 is 0.800 bits per heavy atom. The Kier molecular flexibility index (Phi) is 32.2. The first-order chi connectivity index (χ1) is 22.4. The Labute approximate surface area is 272 Å². The lowest BCUT2D eigenvalue weighted by Crippen LogP contribution is -2.15. The third-order valence-corrected chi connectivity index (χ3v) is 6.40. The van der Waals surface area contributed by atoms with E-state index in [0.29, 0.717) is 126 Å². The molecule has 0 bridgehead atoms. The van der Waals surface area contributed by atoms with E-state index in [9.17, 15) is 0 Å². The first-order valence-corrected chi connectivity index (χ1v) is 16.7. The highest BCUT2D eigenvalue weighted by Crippen LogP contribution is 2.15. The fourth-order valence-corrected chi connectivity index (χ4v) is 3.97. The summed E-state index contributed by atoms with van der Waals surface area (Å²) >= 11 is 0. The molecule has 0 N–H and O–H groups in total. The van der Waals surface area contributed by atoms with E-state index < -0.39 is 0 Å². The monoisotopic (exact) mass is 640 g/mol. The molecule has 1 aromatic carbocycles. The van der Waals surface area contributed by atoms with Gasteiger partial charge in [-0.25, -0.2) is 0 Å². The predicted molar refractivity (Wildman–Crippen MR) is 175 cm³/mol. The predicted octanol–water partition coefficient (Wildman–Crippen LogP) is 4.75. The highest BCUT2D eigenvalue weighted by molar-refractivity contribution is 5.27. The maximum absolute atomic E-state index is 5.77. The van der Waals surface area contributed by atoms with Gasteiger partial charge in [-0.05, 0) is 30.5 Å². The second-order valence-corrected chi connectivity index (χ2v) is 10.2. The van der Waals surface area contributed by atoms with Gasteiger partial charge >= 0.3 is 0 Å². The second kappa shape index (κ2) is 35.1. The summed E-state index contributed by atoms with van der Waals surface area (Å²) in [6.45, 7) is 11.9. The van der Waals surface area contributed by atoms with Gasteiger partial charge in [-0.1, -0.05) is 57.1 Å². The molecule has 0 unspecified atom stereocenters. The van der Waals surface area contributed by atoms with Gasteiger partial charge in [-0.15, -0.1) is 6.42 Å². The van der Waals surface area contributed by atoms with Gasteiger partial charge < -0.3 is 47.4 Å². The fourth-order valence-electron chi connectivity index (χ4n) is 3.97. The molecule has 260 valence electrons. The van der Waals surface area contributed by atoms with Gasteiger partial charge in [0.15, 0.2) is 0 Å². The van der Waals surface area contributed by atoms with Gasteiger partial charge in [-0.2, -0.15) is 0 Å². The van der Waals surface area contributed by atoms with Gasteiger partial charge in [0.05, 0.1) is 112 Å². The van der Waals surface area contributed by atoms with Crippen LogP contribution in [0, 0.1) is 12.3 Å². The highest BCUT2D eigenvalue weighted by Gasteiger charge is 1.99. The van der Waals surface area contributed by atoms with Gasteiger partial charge in [0.2, 0.25) is 0 Å². The molecule has 0 saturated heterocycles. The molecule has 0 amide bonds. The molecule has 45 heavy (non-hydrogen) atoms. The minimum Gasteiger partial charge on any atom is -0.491 e. The van der Waals surface area contributed by atoms with E-state index >= 15 is 0 Å². The van der Waals surface area contributed by atoms with Crippen LogP contribution in [0.2, 0.25) is 0 Å². The zero-order chi connectivity index (χ0) is 32.1. The summed E-state index contributed by atoms with van der Waals surface area (Å²) in [5, 5.41) is 0. The van der Waals surface area contributed by atoms with E-state index in [-0.39, 0.29) is 0 Å². The number of ether oxygens (including phenoxy) is 10. The van der Waals surface area contributed by atoms with E-state index in [0.717, 1.165) is 12.2 Å². The van der Waals surface area contributed by atoms with Crippen LogP contribution in [0.25, 0.3) is 0 Å². The highest BCUT2D eigenvalue weighted by atomic mass is 16.6. The van der Waals surface area contributed by atoms with Crippen LogP contribution in [0.15, 0.2) is 24.3 Å². The molecule has 0 radical (unpaired) electrons. The van der Waals surface area contributed by atoms with E-state index in [1.165, 1.54) is 44.1 Å². The molecule has 0 fully saturated rings. The zero-order valence-electron chi connectivity index (χ0n) is 27.9. The Bertz CT molecular complexity index is 756. The quantitative estimate of drug-likeness (QED) is 0.0756. The Morgan fingerprint density at radius 3 is 1.20 bits per heavy atom. The van der Waals surface area contributed by atoms with E-state index in [4.69, 9.17) is 53.8 Å². The Morgan fingerprint density at radius 1 is 0.444 bits per heavy atom. The minimum atomic E-state index is 0.311. The van der Waals surface area contributed by atoms with Crippen LogP contribution in [0.5, 0.6) is 5.75 Å². The summed E-state index contributed by atoms with van der Waals surface area (Å²) < 4.78 is 54.7.